The average Bonchev–Trinajstić information content (AvgIpc) is 3.17. The number of carbonyl (C=O) groups is 1. The van der Waals surface area contributed by atoms with Crippen molar-refractivity contribution in [3.63, 3.8) is 0 Å². The number of aromatic nitrogens is 1. The summed E-state index contributed by atoms with van der Waals surface area (Å²) in [5, 5.41) is 0. The van der Waals surface area contributed by atoms with Gasteiger partial charge in [0.1, 0.15) is 11.6 Å². The molecule has 3 rings (SSSR count). The Morgan fingerprint density at radius 2 is 2.14 bits per heavy atom. The van der Waals surface area contributed by atoms with Gasteiger partial charge in [0, 0.05) is 11.1 Å². The highest BCUT2D eigenvalue weighted by Gasteiger charge is 2.19. The van der Waals surface area contributed by atoms with Gasteiger partial charge in [0.05, 0.1) is 23.6 Å². The Labute approximate surface area is 137 Å². The van der Waals surface area contributed by atoms with Gasteiger partial charge in [0.15, 0.2) is 0 Å². The minimum absolute atomic E-state index is 0.0476. The first-order valence-electron chi connectivity index (χ1n) is 6.70. The van der Waals surface area contributed by atoms with Crippen LogP contribution in [0, 0.1) is 0 Å². The fourth-order valence-corrected chi connectivity index (χ4v) is 3.14. The summed E-state index contributed by atoms with van der Waals surface area (Å²) in [7, 11) is 0. The first-order chi connectivity index (χ1) is 10.7. The zero-order valence-electron chi connectivity index (χ0n) is 11.6. The summed E-state index contributed by atoms with van der Waals surface area (Å²) in [6, 6.07) is 12.8. The normalized spacial score (nSPS) is 10.6. The number of thiophene rings is 1. The Kier molecular flexibility index (Phi) is 4.56. The van der Waals surface area contributed by atoms with Gasteiger partial charge in [-0.25, -0.2) is 4.98 Å². The number of amides is 1. The van der Waals surface area contributed by atoms with Gasteiger partial charge < -0.3 is 4.42 Å². The van der Waals surface area contributed by atoms with E-state index in [1.54, 1.807) is 29.5 Å². The molecule has 0 aliphatic heterocycles. The number of rotatable bonds is 5. The second-order valence-electron chi connectivity index (χ2n) is 4.63. The van der Waals surface area contributed by atoms with Gasteiger partial charge in [-0.1, -0.05) is 17.7 Å². The molecule has 3 aromatic heterocycles. The van der Waals surface area contributed by atoms with Crippen molar-refractivity contribution in [3.05, 3.63) is 69.9 Å². The molecule has 0 radical (unpaired) electrons. The van der Waals surface area contributed by atoms with Gasteiger partial charge in [-0.3, -0.25) is 9.69 Å². The Hall–Kier alpha value is -2.11. The van der Waals surface area contributed by atoms with Crippen LogP contribution in [0.25, 0.3) is 0 Å². The van der Waals surface area contributed by atoms with Crippen molar-refractivity contribution in [2.45, 2.75) is 13.0 Å². The summed E-state index contributed by atoms with van der Waals surface area (Å²) in [6.07, 6.45) is 3.55. The molecule has 0 aromatic carbocycles. The van der Waals surface area contributed by atoms with E-state index in [9.17, 15) is 4.79 Å². The third kappa shape index (κ3) is 3.55. The van der Waals surface area contributed by atoms with Gasteiger partial charge in [0.25, 0.3) is 0 Å². The lowest BCUT2D eigenvalue weighted by atomic mass is 10.2. The summed E-state index contributed by atoms with van der Waals surface area (Å²) in [6.45, 7) is 0.349. The number of hydrogen-bond acceptors (Lipinski definition) is 4. The molecule has 0 saturated heterocycles. The van der Waals surface area contributed by atoms with Crippen LogP contribution in [0.3, 0.4) is 0 Å². The predicted octanol–water partition coefficient (Wildman–Crippen LogP) is 4.17. The standard InChI is InChI=1S/C16H13ClN2O2S/c17-14-7-6-13(22-14)10-16(20)19(11-12-4-3-9-21-12)15-5-1-2-8-18-15/h1-9H,10-11H2. The summed E-state index contributed by atoms with van der Waals surface area (Å²) >= 11 is 7.33. The summed E-state index contributed by atoms with van der Waals surface area (Å²) < 4.78 is 6.03. The Bertz CT molecular complexity index is 741. The molecular formula is C16H13ClN2O2S. The fourth-order valence-electron chi connectivity index (χ4n) is 2.06. The molecular weight excluding hydrogens is 320 g/mol. The number of halogens is 1. The molecule has 0 aliphatic rings. The number of hydrogen-bond donors (Lipinski definition) is 0. The number of furan rings is 1. The summed E-state index contributed by atoms with van der Waals surface area (Å²) in [5.74, 6) is 1.27. The lowest BCUT2D eigenvalue weighted by Gasteiger charge is -2.20. The van der Waals surface area contributed by atoms with Crippen molar-refractivity contribution in [1.29, 1.82) is 0 Å². The van der Waals surface area contributed by atoms with Crippen LogP contribution >= 0.6 is 22.9 Å². The monoisotopic (exact) mass is 332 g/mol. The summed E-state index contributed by atoms with van der Waals surface area (Å²) in [4.78, 5) is 19.5. The predicted molar refractivity (Wildman–Crippen MR) is 87.2 cm³/mol. The summed E-state index contributed by atoms with van der Waals surface area (Å²) in [5.41, 5.74) is 0. The molecule has 0 atom stereocenters. The fraction of sp³-hybridized carbons (Fsp3) is 0.125. The average molecular weight is 333 g/mol. The van der Waals surface area contributed by atoms with Crippen molar-refractivity contribution in [3.8, 4) is 0 Å². The number of anilines is 1. The quantitative estimate of drug-likeness (QED) is 0.704. The van der Waals surface area contributed by atoms with Gasteiger partial charge in [-0.15, -0.1) is 11.3 Å². The van der Waals surface area contributed by atoms with Gasteiger partial charge in [0.2, 0.25) is 5.91 Å². The van der Waals surface area contributed by atoms with E-state index < -0.39 is 0 Å². The van der Waals surface area contributed by atoms with Crippen molar-refractivity contribution < 1.29 is 9.21 Å². The van der Waals surface area contributed by atoms with Crippen molar-refractivity contribution in [2.75, 3.05) is 4.90 Å². The lowest BCUT2D eigenvalue weighted by molar-refractivity contribution is -0.118. The molecule has 3 heterocycles. The van der Waals surface area contributed by atoms with Crippen molar-refractivity contribution >= 4 is 34.7 Å². The number of nitrogens with zero attached hydrogens (tertiary/aromatic N) is 2. The van der Waals surface area contributed by atoms with E-state index in [-0.39, 0.29) is 12.3 Å². The molecule has 0 spiro atoms. The zero-order valence-corrected chi connectivity index (χ0v) is 13.2. The molecule has 112 valence electrons. The van der Waals surface area contributed by atoms with E-state index in [4.69, 9.17) is 16.0 Å². The SMILES string of the molecule is O=C(Cc1ccc(Cl)s1)N(Cc1ccco1)c1ccccn1. The van der Waals surface area contributed by atoms with Crippen LogP contribution < -0.4 is 4.90 Å². The molecule has 4 nitrogen and oxygen atoms in total. The van der Waals surface area contributed by atoms with E-state index in [2.05, 4.69) is 4.98 Å². The van der Waals surface area contributed by atoms with Crippen molar-refractivity contribution in [2.24, 2.45) is 0 Å². The van der Waals surface area contributed by atoms with Crippen LogP contribution in [0.1, 0.15) is 10.6 Å². The van der Waals surface area contributed by atoms with Crippen LogP contribution in [0.15, 0.2) is 59.3 Å². The number of pyridine rings is 1. The maximum absolute atomic E-state index is 12.7. The molecule has 0 aliphatic carbocycles. The minimum Gasteiger partial charge on any atom is -0.467 e. The van der Waals surface area contributed by atoms with E-state index in [1.807, 2.05) is 30.3 Å². The first-order valence-corrected chi connectivity index (χ1v) is 7.90. The molecule has 1 amide bonds. The molecule has 22 heavy (non-hydrogen) atoms. The first kappa shape index (κ1) is 14.8. The second-order valence-corrected chi connectivity index (χ2v) is 6.43. The van der Waals surface area contributed by atoms with Crippen molar-refractivity contribution in [1.82, 2.24) is 4.98 Å². The van der Waals surface area contributed by atoms with Gasteiger partial charge in [-0.2, -0.15) is 0 Å². The van der Waals surface area contributed by atoms with Crippen LogP contribution in [0.5, 0.6) is 0 Å². The molecule has 0 N–H and O–H groups in total. The third-order valence-electron chi connectivity index (χ3n) is 3.08. The van der Waals surface area contributed by atoms with Gasteiger partial charge >= 0.3 is 0 Å². The third-order valence-corrected chi connectivity index (χ3v) is 4.31. The molecule has 0 saturated carbocycles. The minimum atomic E-state index is -0.0476. The zero-order chi connectivity index (χ0) is 15.4. The highest BCUT2D eigenvalue weighted by molar-refractivity contribution is 7.16. The van der Waals surface area contributed by atoms with E-state index >= 15 is 0 Å². The van der Waals surface area contributed by atoms with Crippen LogP contribution in [0.2, 0.25) is 4.34 Å². The number of carbonyl (C=O) groups excluding carboxylic acids is 1. The largest absolute Gasteiger partial charge is 0.467 e. The Morgan fingerprint density at radius 1 is 1.23 bits per heavy atom. The Morgan fingerprint density at radius 3 is 2.77 bits per heavy atom. The van der Waals surface area contributed by atoms with Crippen LogP contribution in [-0.2, 0) is 17.8 Å². The van der Waals surface area contributed by atoms with E-state index in [1.165, 1.54) is 11.3 Å². The van der Waals surface area contributed by atoms with Crippen LogP contribution in [0.4, 0.5) is 5.82 Å². The molecule has 3 aromatic rings. The van der Waals surface area contributed by atoms with Crippen LogP contribution in [-0.4, -0.2) is 10.9 Å². The molecule has 0 fully saturated rings. The Balaban J connectivity index is 1.82. The maximum atomic E-state index is 12.7. The van der Waals surface area contributed by atoms with Gasteiger partial charge in [-0.05, 0) is 36.4 Å². The van der Waals surface area contributed by atoms with E-state index in [0.717, 1.165) is 4.88 Å². The smallest absolute Gasteiger partial charge is 0.233 e. The highest BCUT2D eigenvalue weighted by Crippen LogP contribution is 2.23. The maximum Gasteiger partial charge on any atom is 0.233 e. The molecule has 0 bridgehead atoms. The molecule has 6 heteroatoms. The highest BCUT2D eigenvalue weighted by atomic mass is 35.5. The lowest BCUT2D eigenvalue weighted by Crippen LogP contribution is -2.32. The van der Waals surface area contributed by atoms with E-state index in [0.29, 0.717) is 22.5 Å². The second kappa shape index (κ2) is 6.77. The topological polar surface area (TPSA) is 46.3 Å². The molecule has 0 unspecified atom stereocenters.